The average molecular weight is 338 g/mol. The van der Waals surface area contributed by atoms with E-state index >= 15 is 0 Å². The maximum atomic E-state index is 12.3. The van der Waals surface area contributed by atoms with E-state index in [1.165, 1.54) is 16.7 Å². The van der Waals surface area contributed by atoms with Gasteiger partial charge in [-0.1, -0.05) is 30.8 Å². The summed E-state index contributed by atoms with van der Waals surface area (Å²) in [5.41, 5.74) is 0.923. The molecule has 2 rings (SSSR count). The number of fused-ring (bicyclic) bond motifs is 1. The van der Waals surface area contributed by atoms with E-state index in [9.17, 15) is 9.59 Å². The van der Waals surface area contributed by atoms with Gasteiger partial charge in [0.25, 0.3) is 0 Å². The number of nitrogens with zero attached hydrogens (tertiary/aromatic N) is 2. The lowest BCUT2D eigenvalue weighted by Crippen LogP contribution is -2.42. The molecular weight excluding hydrogens is 320 g/mol. The Morgan fingerprint density at radius 3 is 2.77 bits per heavy atom. The van der Waals surface area contributed by atoms with Crippen LogP contribution in [-0.4, -0.2) is 45.2 Å². The molecule has 0 bridgehead atoms. The molecule has 1 aromatic heterocycles. The minimum atomic E-state index is -0.987. The Hall–Kier alpha value is -1.60. The Balaban J connectivity index is 2.01. The summed E-state index contributed by atoms with van der Waals surface area (Å²) in [6, 6.07) is 7.73. The van der Waals surface area contributed by atoms with E-state index in [1.54, 1.807) is 11.3 Å². The van der Waals surface area contributed by atoms with Crippen molar-refractivity contribution in [3.05, 3.63) is 24.3 Å². The zero-order chi connectivity index (χ0) is 16.1. The molecule has 1 N–H and O–H groups in total. The Kier molecular flexibility index (Phi) is 5.79. The van der Waals surface area contributed by atoms with E-state index in [-0.39, 0.29) is 24.2 Å². The molecule has 5 nitrogen and oxygen atoms in total. The van der Waals surface area contributed by atoms with Crippen molar-refractivity contribution in [1.82, 2.24) is 9.88 Å². The number of carboxylic acids is 1. The van der Waals surface area contributed by atoms with Gasteiger partial charge in [0.15, 0.2) is 4.34 Å². The van der Waals surface area contributed by atoms with Gasteiger partial charge < -0.3 is 10.0 Å². The highest BCUT2D eigenvalue weighted by molar-refractivity contribution is 8.01. The third-order valence-corrected chi connectivity index (χ3v) is 5.51. The van der Waals surface area contributed by atoms with Crippen LogP contribution in [-0.2, 0) is 9.59 Å². The zero-order valence-corrected chi connectivity index (χ0v) is 14.1. The molecule has 118 valence electrons. The predicted molar refractivity (Wildman–Crippen MR) is 89.4 cm³/mol. The quantitative estimate of drug-likeness (QED) is 0.786. The smallest absolute Gasteiger partial charge is 0.323 e. The average Bonchev–Trinajstić information content (AvgIpc) is 2.92. The number of amides is 1. The van der Waals surface area contributed by atoms with Crippen molar-refractivity contribution in [2.24, 2.45) is 0 Å². The standard InChI is InChI=1S/C15H18N2O3S2/c1-3-10(2)17(8-14(19)20)13(18)9-21-15-16-11-6-4-5-7-12(11)22-15/h4-7,10H,3,8-9H2,1-2H3,(H,19,20). The van der Waals surface area contributed by atoms with Crippen LogP contribution < -0.4 is 0 Å². The fourth-order valence-corrected chi connectivity index (χ4v) is 3.93. The molecular formula is C15H18N2O3S2. The molecule has 0 saturated heterocycles. The van der Waals surface area contributed by atoms with Crippen LogP contribution >= 0.6 is 23.1 Å². The molecule has 2 aromatic rings. The maximum Gasteiger partial charge on any atom is 0.323 e. The number of rotatable bonds is 7. The molecule has 1 unspecified atom stereocenters. The van der Waals surface area contributed by atoms with Crippen molar-refractivity contribution in [1.29, 1.82) is 0 Å². The summed E-state index contributed by atoms with van der Waals surface area (Å²) in [5, 5.41) is 8.95. The number of hydrogen-bond acceptors (Lipinski definition) is 5. The van der Waals surface area contributed by atoms with Gasteiger partial charge in [0.1, 0.15) is 6.54 Å². The second kappa shape index (κ2) is 7.60. The van der Waals surface area contributed by atoms with Crippen molar-refractivity contribution in [2.75, 3.05) is 12.3 Å². The number of hydrogen-bond donors (Lipinski definition) is 1. The lowest BCUT2D eigenvalue weighted by molar-refractivity contribution is -0.144. The topological polar surface area (TPSA) is 70.5 Å². The van der Waals surface area contributed by atoms with Crippen molar-refractivity contribution in [3.63, 3.8) is 0 Å². The summed E-state index contributed by atoms with van der Waals surface area (Å²) >= 11 is 2.90. The number of carbonyl (C=O) groups is 2. The zero-order valence-electron chi connectivity index (χ0n) is 12.5. The second-order valence-corrected chi connectivity index (χ2v) is 7.16. The van der Waals surface area contributed by atoms with Gasteiger partial charge >= 0.3 is 5.97 Å². The van der Waals surface area contributed by atoms with Crippen LogP contribution in [0.3, 0.4) is 0 Å². The minimum absolute atomic E-state index is 0.0837. The molecule has 1 amide bonds. The van der Waals surface area contributed by atoms with Crippen molar-refractivity contribution in [2.45, 2.75) is 30.6 Å². The minimum Gasteiger partial charge on any atom is -0.480 e. The molecule has 1 heterocycles. The van der Waals surface area contributed by atoms with Crippen LogP contribution in [0.15, 0.2) is 28.6 Å². The molecule has 1 atom stereocenters. The maximum absolute atomic E-state index is 12.3. The molecule has 1 aromatic carbocycles. The Morgan fingerprint density at radius 2 is 2.14 bits per heavy atom. The van der Waals surface area contributed by atoms with E-state index in [1.807, 2.05) is 38.1 Å². The number of thioether (sulfide) groups is 1. The summed E-state index contributed by atoms with van der Waals surface area (Å²) in [6.07, 6.45) is 0.727. The van der Waals surface area contributed by atoms with Gasteiger partial charge in [-0.05, 0) is 25.5 Å². The first-order chi connectivity index (χ1) is 10.5. The van der Waals surface area contributed by atoms with Crippen LogP contribution in [0.1, 0.15) is 20.3 Å². The summed E-state index contributed by atoms with van der Waals surface area (Å²) in [5.74, 6) is -0.947. The van der Waals surface area contributed by atoms with E-state index in [2.05, 4.69) is 4.98 Å². The van der Waals surface area contributed by atoms with Crippen LogP contribution in [0.5, 0.6) is 0 Å². The monoisotopic (exact) mass is 338 g/mol. The number of carbonyl (C=O) groups excluding carboxylic acids is 1. The summed E-state index contributed by atoms with van der Waals surface area (Å²) in [7, 11) is 0. The lowest BCUT2D eigenvalue weighted by Gasteiger charge is -2.26. The highest BCUT2D eigenvalue weighted by atomic mass is 32.2. The molecule has 0 aliphatic heterocycles. The van der Waals surface area contributed by atoms with Gasteiger partial charge in [-0.3, -0.25) is 9.59 Å². The third-order valence-electron chi connectivity index (χ3n) is 3.34. The highest BCUT2D eigenvalue weighted by Crippen LogP contribution is 2.29. The van der Waals surface area contributed by atoms with E-state index in [0.29, 0.717) is 0 Å². The molecule has 0 aliphatic rings. The van der Waals surface area contributed by atoms with Crippen LogP contribution in [0, 0.1) is 0 Å². The second-order valence-electron chi connectivity index (χ2n) is 4.91. The molecule has 0 spiro atoms. The van der Waals surface area contributed by atoms with Gasteiger partial charge in [-0.2, -0.15) is 0 Å². The summed E-state index contributed by atoms with van der Waals surface area (Å²) in [6.45, 7) is 3.55. The predicted octanol–water partition coefficient (Wildman–Crippen LogP) is 3.10. The van der Waals surface area contributed by atoms with Crippen molar-refractivity contribution in [3.8, 4) is 0 Å². The van der Waals surface area contributed by atoms with Gasteiger partial charge in [-0.25, -0.2) is 4.98 Å². The molecule has 0 aliphatic carbocycles. The number of para-hydroxylation sites is 1. The van der Waals surface area contributed by atoms with Gasteiger partial charge in [0.05, 0.1) is 16.0 Å². The van der Waals surface area contributed by atoms with E-state index in [0.717, 1.165) is 21.0 Å². The Labute approximate surface area is 137 Å². The van der Waals surface area contributed by atoms with Gasteiger partial charge in [0, 0.05) is 6.04 Å². The third kappa shape index (κ3) is 4.20. The number of thiazole rings is 1. The molecule has 0 radical (unpaired) electrons. The summed E-state index contributed by atoms with van der Waals surface area (Å²) < 4.78 is 1.91. The first-order valence-corrected chi connectivity index (χ1v) is 8.81. The van der Waals surface area contributed by atoms with Crippen molar-refractivity contribution < 1.29 is 14.7 Å². The molecule has 0 fully saturated rings. The Morgan fingerprint density at radius 1 is 1.41 bits per heavy atom. The molecule has 22 heavy (non-hydrogen) atoms. The summed E-state index contributed by atoms with van der Waals surface area (Å²) in [4.78, 5) is 29.1. The number of benzene rings is 1. The van der Waals surface area contributed by atoms with Crippen LogP contribution in [0.2, 0.25) is 0 Å². The highest BCUT2D eigenvalue weighted by Gasteiger charge is 2.21. The van der Waals surface area contributed by atoms with Crippen LogP contribution in [0.25, 0.3) is 10.2 Å². The lowest BCUT2D eigenvalue weighted by atomic mass is 10.2. The first kappa shape index (κ1) is 16.8. The largest absolute Gasteiger partial charge is 0.480 e. The number of aliphatic carboxylic acids is 1. The normalized spacial score (nSPS) is 12.3. The van der Waals surface area contributed by atoms with Crippen LogP contribution in [0.4, 0.5) is 0 Å². The number of carboxylic acid groups (broad SMARTS) is 1. The van der Waals surface area contributed by atoms with Crippen molar-refractivity contribution >= 4 is 45.2 Å². The van der Waals surface area contributed by atoms with E-state index in [4.69, 9.17) is 5.11 Å². The van der Waals surface area contributed by atoms with Gasteiger partial charge in [0.2, 0.25) is 5.91 Å². The Bertz CT molecular complexity index is 639. The SMILES string of the molecule is CCC(C)N(CC(=O)O)C(=O)CSc1nc2ccccc2s1. The fourth-order valence-electron chi connectivity index (χ4n) is 1.98. The molecule has 7 heteroatoms. The fraction of sp³-hybridized carbons (Fsp3) is 0.400. The first-order valence-electron chi connectivity index (χ1n) is 7.01. The van der Waals surface area contributed by atoms with E-state index < -0.39 is 5.97 Å². The number of aromatic nitrogens is 1. The molecule has 0 saturated carbocycles. The van der Waals surface area contributed by atoms with Gasteiger partial charge in [-0.15, -0.1) is 11.3 Å².